The number of hydrogen-bond donors (Lipinski definition) is 3. The molecule has 0 aromatic carbocycles. The van der Waals surface area contributed by atoms with Crippen LogP contribution >= 0.6 is 11.6 Å². The van der Waals surface area contributed by atoms with Crippen molar-refractivity contribution in [3.05, 3.63) is 40.8 Å². The lowest BCUT2D eigenvalue weighted by atomic mass is 10.3. The van der Waals surface area contributed by atoms with Crippen molar-refractivity contribution in [2.45, 2.75) is 13.8 Å². The van der Waals surface area contributed by atoms with Crippen molar-refractivity contribution in [3.8, 4) is 0 Å². The number of pyridine rings is 1. The van der Waals surface area contributed by atoms with Gasteiger partial charge in [0.05, 0.1) is 23.3 Å². The summed E-state index contributed by atoms with van der Waals surface area (Å²) in [6.45, 7) is 3.88. The highest BCUT2D eigenvalue weighted by Crippen LogP contribution is 2.26. The number of aromatic nitrogens is 5. The second-order valence-electron chi connectivity index (χ2n) is 5.26. The van der Waals surface area contributed by atoms with Crippen LogP contribution in [0.15, 0.2) is 24.4 Å². The van der Waals surface area contributed by atoms with Gasteiger partial charge in [0.1, 0.15) is 16.7 Å². The molecule has 8 nitrogen and oxygen atoms in total. The Morgan fingerprint density at radius 3 is 2.62 bits per heavy atom. The van der Waals surface area contributed by atoms with E-state index < -0.39 is 0 Å². The molecule has 0 atom stereocenters. The lowest BCUT2D eigenvalue weighted by molar-refractivity contribution is 0.731. The number of halogens is 1. The molecule has 0 bridgehead atoms. The van der Waals surface area contributed by atoms with E-state index >= 15 is 0 Å². The van der Waals surface area contributed by atoms with Crippen LogP contribution in [0.5, 0.6) is 0 Å². The predicted molar refractivity (Wildman–Crippen MR) is 94.9 cm³/mol. The van der Waals surface area contributed by atoms with Gasteiger partial charge in [-0.25, -0.2) is 9.97 Å². The minimum absolute atomic E-state index is 0.379. The van der Waals surface area contributed by atoms with Crippen molar-refractivity contribution in [2.75, 3.05) is 16.4 Å². The average Bonchev–Trinajstić information content (AvgIpc) is 2.77. The Morgan fingerprint density at radius 1 is 1.17 bits per heavy atom. The molecule has 4 N–H and O–H groups in total. The first-order chi connectivity index (χ1) is 11.4. The molecule has 0 saturated heterocycles. The summed E-state index contributed by atoms with van der Waals surface area (Å²) < 4.78 is 1.80. The monoisotopic (exact) mass is 344 g/mol. The molecular formula is C15H17ClN8. The van der Waals surface area contributed by atoms with E-state index in [2.05, 4.69) is 30.7 Å². The maximum Gasteiger partial charge on any atom is 0.229 e. The highest BCUT2D eigenvalue weighted by atomic mass is 35.5. The molecule has 24 heavy (non-hydrogen) atoms. The Kier molecular flexibility index (Phi) is 4.22. The number of nitrogens with two attached hydrogens (primary N) is 1. The smallest absolute Gasteiger partial charge is 0.229 e. The number of hydrogen-bond acceptors (Lipinski definition) is 7. The molecule has 0 aliphatic heterocycles. The van der Waals surface area contributed by atoms with Gasteiger partial charge < -0.3 is 16.4 Å². The standard InChI is InChI=1S/C15H17ClN8/c1-8-13(9(2)24(3)23-8)21-15-18-7-10(16)14(22-15)20-12-6-4-5-11(17)19-12/h4-7H,1-3H3,(H4,17,18,19,20,21,22). The molecule has 3 rings (SSSR count). The molecule has 0 amide bonds. The van der Waals surface area contributed by atoms with Crippen molar-refractivity contribution < 1.29 is 0 Å². The quantitative estimate of drug-likeness (QED) is 0.668. The first kappa shape index (κ1) is 16.0. The lowest BCUT2D eigenvalue weighted by Crippen LogP contribution is -2.04. The second-order valence-corrected chi connectivity index (χ2v) is 5.66. The Morgan fingerprint density at radius 2 is 1.96 bits per heavy atom. The van der Waals surface area contributed by atoms with Gasteiger partial charge in [-0.05, 0) is 26.0 Å². The largest absolute Gasteiger partial charge is 0.384 e. The number of anilines is 5. The second kappa shape index (κ2) is 6.32. The Hall–Kier alpha value is -2.87. The first-order valence-corrected chi connectivity index (χ1v) is 7.61. The minimum Gasteiger partial charge on any atom is -0.384 e. The summed E-state index contributed by atoms with van der Waals surface area (Å²) in [5.74, 6) is 1.80. The van der Waals surface area contributed by atoms with Gasteiger partial charge in [0.15, 0.2) is 5.82 Å². The van der Waals surface area contributed by atoms with Gasteiger partial charge in [-0.1, -0.05) is 17.7 Å². The molecule has 3 aromatic rings. The van der Waals surface area contributed by atoms with Gasteiger partial charge >= 0.3 is 0 Å². The summed E-state index contributed by atoms with van der Waals surface area (Å²) in [4.78, 5) is 12.8. The first-order valence-electron chi connectivity index (χ1n) is 7.23. The van der Waals surface area contributed by atoms with E-state index in [4.69, 9.17) is 17.3 Å². The Bertz CT molecular complexity index is 889. The molecule has 0 saturated carbocycles. The van der Waals surface area contributed by atoms with Gasteiger partial charge in [-0.2, -0.15) is 10.1 Å². The van der Waals surface area contributed by atoms with Crippen LogP contribution in [0.1, 0.15) is 11.4 Å². The molecule has 3 heterocycles. The molecule has 0 aliphatic carbocycles. The van der Waals surface area contributed by atoms with E-state index in [0.717, 1.165) is 17.1 Å². The molecule has 0 aliphatic rings. The van der Waals surface area contributed by atoms with Crippen molar-refractivity contribution >= 4 is 40.7 Å². The maximum absolute atomic E-state index is 6.16. The van der Waals surface area contributed by atoms with Crippen LogP contribution in [0.3, 0.4) is 0 Å². The van der Waals surface area contributed by atoms with Crippen LogP contribution in [0.4, 0.5) is 29.1 Å². The van der Waals surface area contributed by atoms with Crippen molar-refractivity contribution in [1.82, 2.24) is 24.7 Å². The van der Waals surface area contributed by atoms with Gasteiger partial charge in [0, 0.05) is 7.05 Å². The summed E-state index contributed by atoms with van der Waals surface area (Å²) in [5.41, 5.74) is 8.39. The lowest BCUT2D eigenvalue weighted by Gasteiger charge is -2.10. The molecular weight excluding hydrogens is 328 g/mol. The fourth-order valence-electron chi connectivity index (χ4n) is 2.22. The number of nitrogens with zero attached hydrogens (tertiary/aromatic N) is 5. The topological polar surface area (TPSA) is 107 Å². The summed E-state index contributed by atoms with van der Waals surface area (Å²) in [7, 11) is 1.88. The normalized spacial score (nSPS) is 10.7. The summed E-state index contributed by atoms with van der Waals surface area (Å²) in [5, 5.41) is 11.0. The zero-order valence-corrected chi connectivity index (χ0v) is 14.3. The van der Waals surface area contributed by atoms with E-state index in [-0.39, 0.29) is 0 Å². The van der Waals surface area contributed by atoms with E-state index in [9.17, 15) is 0 Å². The van der Waals surface area contributed by atoms with Gasteiger partial charge in [0.25, 0.3) is 0 Å². The van der Waals surface area contributed by atoms with Crippen molar-refractivity contribution in [2.24, 2.45) is 7.05 Å². The van der Waals surface area contributed by atoms with E-state index in [1.807, 2.05) is 20.9 Å². The third-order valence-electron chi connectivity index (χ3n) is 3.51. The zero-order valence-electron chi connectivity index (χ0n) is 13.5. The van der Waals surface area contributed by atoms with Gasteiger partial charge in [-0.3, -0.25) is 4.68 Å². The molecule has 124 valence electrons. The molecule has 0 fully saturated rings. The summed E-state index contributed by atoms with van der Waals surface area (Å²) >= 11 is 6.16. The van der Waals surface area contributed by atoms with Gasteiger partial charge in [-0.15, -0.1) is 0 Å². The fraction of sp³-hybridized carbons (Fsp3) is 0.200. The van der Waals surface area contributed by atoms with Crippen LogP contribution < -0.4 is 16.4 Å². The molecule has 0 radical (unpaired) electrons. The van der Waals surface area contributed by atoms with Crippen LogP contribution in [-0.4, -0.2) is 24.7 Å². The maximum atomic E-state index is 6.16. The predicted octanol–water partition coefficient (Wildman–Crippen LogP) is 2.94. The van der Waals surface area contributed by atoms with Crippen LogP contribution in [0, 0.1) is 13.8 Å². The fourth-order valence-corrected chi connectivity index (χ4v) is 2.36. The van der Waals surface area contributed by atoms with E-state index in [0.29, 0.717) is 28.4 Å². The summed E-state index contributed by atoms with van der Waals surface area (Å²) in [6.07, 6.45) is 1.52. The van der Waals surface area contributed by atoms with Crippen molar-refractivity contribution in [3.63, 3.8) is 0 Å². The molecule has 0 spiro atoms. The number of nitrogen functional groups attached to an aromatic ring is 1. The minimum atomic E-state index is 0.379. The number of rotatable bonds is 4. The Balaban J connectivity index is 1.88. The number of aryl methyl sites for hydroxylation is 2. The third-order valence-corrected chi connectivity index (χ3v) is 3.78. The van der Waals surface area contributed by atoms with Gasteiger partial charge in [0.2, 0.25) is 5.95 Å². The average molecular weight is 345 g/mol. The van der Waals surface area contributed by atoms with Crippen LogP contribution in [0.25, 0.3) is 0 Å². The highest BCUT2D eigenvalue weighted by Gasteiger charge is 2.12. The molecule has 0 unspecified atom stereocenters. The van der Waals surface area contributed by atoms with Crippen molar-refractivity contribution in [1.29, 1.82) is 0 Å². The van der Waals surface area contributed by atoms with E-state index in [1.165, 1.54) is 6.20 Å². The zero-order chi connectivity index (χ0) is 17.3. The van der Waals surface area contributed by atoms with E-state index in [1.54, 1.807) is 22.9 Å². The third kappa shape index (κ3) is 3.23. The molecule has 3 aromatic heterocycles. The van der Waals surface area contributed by atoms with Crippen LogP contribution in [-0.2, 0) is 7.05 Å². The number of nitrogens with one attached hydrogen (secondary N) is 2. The molecule has 9 heteroatoms. The summed E-state index contributed by atoms with van der Waals surface area (Å²) in [6, 6.07) is 5.27. The SMILES string of the molecule is Cc1nn(C)c(C)c1Nc1ncc(Cl)c(Nc2cccc(N)n2)n1. The highest BCUT2D eigenvalue weighted by molar-refractivity contribution is 6.32. The van der Waals surface area contributed by atoms with Crippen LogP contribution in [0.2, 0.25) is 5.02 Å². The Labute approximate surface area is 144 Å².